The van der Waals surface area contributed by atoms with Crippen LogP contribution in [0.25, 0.3) is 0 Å². The van der Waals surface area contributed by atoms with Crippen LogP contribution in [-0.4, -0.2) is 24.5 Å². The highest BCUT2D eigenvalue weighted by molar-refractivity contribution is 5.23. The van der Waals surface area contributed by atoms with Crippen molar-refractivity contribution < 1.29 is 5.11 Å². The summed E-state index contributed by atoms with van der Waals surface area (Å²) < 4.78 is 0. The third-order valence-corrected chi connectivity index (χ3v) is 0.811. The fraction of sp³-hybridized carbons (Fsp3) is 0.800. The van der Waals surface area contributed by atoms with Gasteiger partial charge in [0.25, 0.3) is 0 Å². The standard InChI is InChI=1S/C5H11NO/c1-3-5(7)4-6-2/h5,7H,2-4H2,1H3. The lowest BCUT2D eigenvalue weighted by Gasteiger charge is -1.99. The number of aliphatic hydroxyl groups excluding tert-OH is 1. The van der Waals surface area contributed by atoms with Gasteiger partial charge in [-0.15, -0.1) is 0 Å². The molecule has 2 heteroatoms. The zero-order chi connectivity index (χ0) is 5.70. The molecule has 0 saturated heterocycles. The molecule has 0 aromatic carbocycles. The Bertz CT molecular complexity index is 54.0. The quantitative estimate of drug-likeness (QED) is 0.514. The SMILES string of the molecule is C=NCC(O)CC. The molecule has 0 radical (unpaired) electrons. The molecule has 0 aliphatic carbocycles. The lowest BCUT2D eigenvalue weighted by atomic mass is 10.3. The van der Waals surface area contributed by atoms with Crippen molar-refractivity contribution in [3.05, 3.63) is 0 Å². The van der Waals surface area contributed by atoms with Gasteiger partial charge >= 0.3 is 0 Å². The van der Waals surface area contributed by atoms with Gasteiger partial charge in [0, 0.05) is 0 Å². The summed E-state index contributed by atoms with van der Waals surface area (Å²) >= 11 is 0. The van der Waals surface area contributed by atoms with Crippen molar-refractivity contribution in [2.45, 2.75) is 19.4 Å². The van der Waals surface area contributed by atoms with E-state index in [1.54, 1.807) is 0 Å². The van der Waals surface area contributed by atoms with Crippen LogP contribution < -0.4 is 0 Å². The van der Waals surface area contributed by atoms with Crippen LogP contribution in [-0.2, 0) is 0 Å². The first-order chi connectivity index (χ1) is 3.31. The number of aliphatic imine (C=N–C) groups is 1. The van der Waals surface area contributed by atoms with E-state index in [0.29, 0.717) is 6.54 Å². The van der Waals surface area contributed by atoms with Crippen LogP contribution in [0.2, 0.25) is 0 Å². The topological polar surface area (TPSA) is 32.6 Å². The van der Waals surface area contributed by atoms with E-state index in [0.717, 1.165) is 6.42 Å². The normalized spacial score (nSPS) is 13.4. The second-order valence-corrected chi connectivity index (χ2v) is 1.47. The van der Waals surface area contributed by atoms with Gasteiger partial charge in [0.05, 0.1) is 12.6 Å². The van der Waals surface area contributed by atoms with Gasteiger partial charge in [0.15, 0.2) is 0 Å². The Morgan fingerprint density at radius 1 is 1.86 bits per heavy atom. The zero-order valence-electron chi connectivity index (χ0n) is 4.59. The van der Waals surface area contributed by atoms with E-state index in [1.165, 1.54) is 0 Å². The molecule has 1 atom stereocenters. The lowest BCUT2D eigenvalue weighted by Crippen LogP contribution is -2.07. The van der Waals surface area contributed by atoms with Gasteiger partial charge in [-0.05, 0) is 13.1 Å². The molecule has 0 bridgehead atoms. The summed E-state index contributed by atoms with van der Waals surface area (Å²) in [5.74, 6) is 0. The molecule has 2 nitrogen and oxygen atoms in total. The molecule has 0 aliphatic heterocycles. The monoisotopic (exact) mass is 101 g/mol. The average molecular weight is 101 g/mol. The van der Waals surface area contributed by atoms with Crippen molar-refractivity contribution in [1.29, 1.82) is 0 Å². The van der Waals surface area contributed by atoms with Crippen molar-refractivity contribution >= 4 is 6.72 Å². The van der Waals surface area contributed by atoms with Gasteiger partial charge in [0.1, 0.15) is 0 Å². The first-order valence-corrected chi connectivity index (χ1v) is 2.41. The highest BCUT2D eigenvalue weighted by Gasteiger charge is 1.93. The summed E-state index contributed by atoms with van der Waals surface area (Å²) in [7, 11) is 0. The van der Waals surface area contributed by atoms with E-state index in [-0.39, 0.29) is 6.10 Å². The smallest absolute Gasteiger partial charge is 0.0732 e. The Balaban J connectivity index is 2.98. The molecule has 0 spiro atoms. The van der Waals surface area contributed by atoms with Crippen LogP contribution >= 0.6 is 0 Å². The predicted octanol–water partition coefficient (Wildman–Crippen LogP) is 0.458. The minimum atomic E-state index is -0.280. The van der Waals surface area contributed by atoms with Crippen molar-refractivity contribution in [3.8, 4) is 0 Å². The van der Waals surface area contributed by atoms with E-state index in [1.807, 2.05) is 6.92 Å². The van der Waals surface area contributed by atoms with Crippen LogP contribution in [0.3, 0.4) is 0 Å². The van der Waals surface area contributed by atoms with Crippen LogP contribution in [0, 0.1) is 0 Å². The molecule has 7 heavy (non-hydrogen) atoms. The Hall–Kier alpha value is -0.370. The van der Waals surface area contributed by atoms with Crippen molar-refractivity contribution in [1.82, 2.24) is 0 Å². The summed E-state index contributed by atoms with van der Waals surface area (Å²) in [6.45, 7) is 5.62. The van der Waals surface area contributed by atoms with E-state index >= 15 is 0 Å². The second-order valence-electron chi connectivity index (χ2n) is 1.47. The molecular weight excluding hydrogens is 90.1 g/mol. The van der Waals surface area contributed by atoms with Gasteiger partial charge in [-0.1, -0.05) is 6.92 Å². The Kier molecular flexibility index (Phi) is 3.61. The molecule has 0 aromatic rings. The highest BCUT2D eigenvalue weighted by atomic mass is 16.3. The van der Waals surface area contributed by atoms with Gasteiger partial charge in [-0.3, -0.25) is 4.99 Å². The molecule has 0 amide bonds. The third-order valence-electron chi connectivity index (χ3n) is 0.811. The van der Waals surface area contributed by atoms with Crippen molar-refractivity contribution in [3.63, 3.8) is 0 Å². The maximum Gasteiger partial charge on any atom is 0.0732 e. The molecule has 42 valence electrons. The summed E-state index contributed by atoms with van der Waals surface area (Å²) in [6.07, 6.45) is 0.483. The van der Waals surface area contributed by atoms with Gasteiger partial charge in [0.2, 0.25) is 0 Å². The molecule has 1 N–H and O–H groups in total. The maximum atomic E-state index is 8.72. The van der Waals surface area contributed by atoms with Gasteiger partial charge in [-0.25, -0.2) is 0 Å². The predicted molar refractivity (Wildman–Crippen MR) is 30.7 cm³/mol. The largest absolute Gasteiger partial charge is 0.391 e. The van der Waals surface area contributed by atoms with Gasteiger partial charge < -0.3 is 5.11 Å². The number of hydrogen-bond acceptors (Lipinski definition) is 2. The molecular formula is C5H11NO. The second kappa shape index (κ2) is 3.81. The van der Waals surface area contributed by atoms with Crippen LogP contribution in [0.1, 0.15) is 13.3 Å². The Labute approximate surface area is 43.9 Å². The van der Waals surface area contributed by atoms with E-state index < -0.39 is 0 Å². The summed E-state index contributed by atoms with van der Waals surface area (Å²) in [4.78, 5) is 3.51. The summed E-state index contributed by atoms with van der Waals surface area (Å²) in [5, 5.41) is 8.72. The molecule has 0 aliphatic rings. The minimum Gasteiger partial charge on any atom is -0.391 e. The zero-order valence-corrected chi connectivity index (χ0v) is 4.59. The molecule has 0 saturated carbocycles. The Morgan fingerprint density at radius 2 is 2.43 bits per heavy atom. The number of aliphatic hydroxyl groups is 1. The molecule has 0 fully saturated rings. The highest BCUT2D eigenvalue weighted by Crippen LogP contribution is 1.87. The van der Waals surface area contributed by atoms with Crippen LogP contribution in [0.15, 0.2) is 4.99 Å². The molecule has 0 heterocycles. The molecule has 0 aromatic heterocycles. The van der Waals surface area contributed by atoms with Crippen LogP contribution in [0.5, 0.6) is 0 Å². The van der Waals surface area contributed by atoms with E-state index in [2.05, 4.69) is 11.7 Å². The lowest BCUT2D eigenvalue weighted by molar-refractivity contribution is 0.179. The van der Waals surface area contributed by atoms with E-state index in [9.17, 15) is 0 Å². The fourth-order valence-corrected chi connectivity index (χ4v) is 0.278. The van der Waals surface area contributed by atoms with E-state index in [4.69, 9.17) is 5.11 Å². The fourth-order valence-electron chi connectivity index (χ4n) is 0.278. The first-order valence-electron chi connectivity index (χ1n) is 2.41. The van der Waals surface area contributed by atoms with Crippen molar-refractivity contribution in [2.24, 2.45) is 4.99 Å². The van der Waals surface area contributed by atoms with Gasteiger partial charge in [-0.2, -0.15) is 0 Å². The average Bonchev–Trinajstić information content (AvgIpc) is 1.68. The Morgan fingerprint density at radius 3 is 2.57 bits per heavy atom. The first kappa shape index (κ1) is 6.63. The maximum absolute atomic E-state index is 8.72. The number of nitrogens with zero attached hydrogens (tertiary/aromatic N) is 1. The number of hydrogen-bond donors (Lipinski definition) is 1. The van der Waals surface area contributed by atoms with Crippen LogP contribution in [0.4, 0.5) is 0 Å². The van der Waals surface area contributed by atoms with Crippen molar-refractivity contribution in [2.75, 3.05) is 6.54 Å². The molecule has 1 unspecified atom stereocenters. The molecule has 0 rings (SSSR count). The number of rotatable bonds is 3. The third kappa shape index (κ3) is 3.46. The minimum absolute atomic E-state index is 0.280. The summed E-state index contributed by atoms with van der Waals surface area (Å²) in [6, 6.07) is 0. The summed E-state index contributed by atoms with van der Waals surface area (Å²) in [5.41, 5.74) is 0.